The van der Waals surface area contributed by atoms with Gasteiger partial charge in [-0.15, -0.1) is 0 Å². The third-order valence-electron chi connectivity index (χ3n) is 5.15. The lowest BCUT2D eigenvalue weighted by atomic mass is 10.1. The van der Waals surface area contributed by atoms with Gasteiger partial charge in [-0.05, 0) is 62.3 Å². The SMILES string of the molecule is CCN1CCCC1CNC(=O)c1ccc(Sc2ccc(NC(=O)O)cc2)c([N+](=O)[O-])c1. The molecule has 2 aromatic rings. The Hall–Kier alpha value is -3.11. The van der Waals surface area contributed by atoms with Crippen molar-refractivity contribution < 1.29 is 19.6 Å². The number of nitrogens with zero attached hydrogens (tertiary/aromatic N) is 2. The fraction of sp³-hybridized carbons (Fsp3) is 0.333. The molecule has 0 radical (unpaired) electrons. The van der Waals surface area contributed by atoms with Gasteiger partial charge in [0.05, 0.1) is 9.82 Å². The van der Waals surface area contributed by atoms with Crippen LogP contribution in [-0.4, -0.2) is 52.6 Å². The zero-order chi connectivity index (χ0) is 22.4. The molecule has 0 aromatic heterocycles. The van der Waals surface area contributed by atoms with Crippen LogP contribution in [0.3, 0.4) is 0 Å². The summed E-state index contributed by atoms with van der Waals surface area (Å²) in [5.74, 6) is -0.327. The first-order chi connectivity index (χ1) is 14.9. The Kier molecular flexibility index (Phi) is 7.48. The third kappa shape index (κ3) is 5.96. The van der Waals surface area contributed by atoms with Crippen molar-refractivity contribution in [3.05, 3.63) is 58.1 Å². The fourth-order valence-electron chi connectivity index (χ4n) is 3.60. The number of likely N-dealkylation sites (tertiary alicyclic amines) is 1. The van der Waals surface area contributed by atoms with Crippen molar-refractivity contribution in [2.45, 2.75) is 35.6 Å². The van der Waals surface area contributed by atoms with Crippen LogP contribution in [0.4, 0.5) is 16.2 Å². The van der Waals surface area contributed by atoms with Gasteiger partial charge in [-0.2, -0.15) is 0 Å². The lowest BCUT2D eigenvalue weighted by molar-refractivity contribution is -0.387. The Morgan fingerprint density at radius 2 is 2.00 bits per heavy atom. The zero-order valence-corrected chi connectivity index (χ0v) is 17.9. The van der Waals surface area contributed by atoms with E-state index in [-0.39, 0.29) is 17.2 Å². The number of nitrogens with one attached hydrogen (secondary N) is 2. The standard InChI is InChI=1S/C21H24N4O5S/c1-2-24-11-3-4-16(24)13-22-20(26)14-5-10-19(18(12-14)25(29)30)31-17-8-6-15(7-9-17)23-21(27)28/h5-10,12,16,23H,2-4,11,13H2,1H3,(H,22,26)(H,27,28). The summed E-state index contributed by atoms with van der Waals surface area (Å²) in [5, 5.41) is 25.5. The summed E-state index contributed by atoms with van der Waals surface area (Å²) < 4.78 is 0. The van der Waals surface area contributed by atoms with Crippen LogP contribution in [-0.2, 0) is 0 Å². The molecule has 1 unspecified atom stereocenters. The summed E-state index contributed by atoms with van der Waals surface area (Å²) in [7, 11) is 0. The smallest absolute Gasteiger partial charge is 0.409 e. The van der Waals surface area contributed by atoms with Gasteiger partial charge in [-0.3, -0.25) is 25.1 Å². The highest BCUT2D eigenvalue weighted by atomic mass is 32.2. The van der Waals surface area contributed by atoms with Crippen molar-refractivity contribution in [2.24, 2.45) is 0 Å². The van der Waals surface area contributed by atoms with Crippen LogP contribution >= 0.6 is 11.8 Å². The monoisotopic (exact) mass is 444 g/mol. The molecule has 0 spiro atoms. The molecule has 1 atom stereocenters. The van der Waals surface area contributed by atoms with Crippen LogP contribution in [0.15, 0.2) is 52.3 Å². The van der Waals surface area contributed by atoms with E-state index in [9.17, 15) is 19.7 Å². The van der Waals surface area contributed by atoms with E-state index in [1.54, 1.807) is 36.4 Å². The van der Waals surface area contributed by atoms with Crippen LogP contribution in [0, 0.1) is 10.1 Å². The number of benzene rings is 2. The maximum absolute atomic E-state index is 12.6. The molecular weight excluding hydrogens is 420 g/mol. The highest BCUT2D eigenvalue weighted by Crippen LogP contribution is 2.35. The average Bonchev–Trinajstić information content (AvgIpc) is 3.20. The number of nitro groups is 1. The van der Waals surface area contributed by atoms with E-state index in [1.165, 1.54) is 17.8 Å². The normalized spacial score (nSPS) is 16.1. The predicted octanol–water partition coefficient (Wildman–Crippen LogP) is 4.05. The van der Waals surface area contributed by atoms with Gasteiger partial charge in [-0.25, -0.2) is 4.79 Å². The molecule has 1 aliphatic rings. The maximum atomic E-state index is 12.6. The summed E-state index contributed by atoms with van der Waals surface area (Å²) in [4.78, 5) is 37.7. The molecule has 1 saturated heterocycles. The lowest BCUT2D eigenvalue weighted by Crippen LogP contribution is -2.40. The number of carboxylic acid groups (broad SMARTS) is 1. The van der Waals surface area contributed by atoms with E-state index < -0.39 is 11.0 Å². The number of hydrogen-bond acceptors (Lipinski definition) is 6. The molecule has 1 aliphatic heterocycles. The molecule has 3 N–H and O–H groups in total. The van der Waals surface area contributed by atoms with Crippen LogP contribution in [0.2, 0.25) is 0 Å². The van der Waals surface area contributed by atoms with E-state index >= 15 is 0 Å². The molecule has 0 saturated carbocycles. The average molecular weight is 445 g/mol. The van der Waals surface area contributed by atoms with Gasteiger partial charge in [0.15, 0.2) is 0 Å². The van der Waals surface area contributed by atoms with Crippen LogP contribution in [0.1, 0.15) is 30.1 Å². The molecule has 3 rings (SSSR count). The number of amides is 2. The number of likely N-dealkylation sites (N-methyl/N-ethyl adjacent to an activating group) is 1. The van der Waals surface area contributed by atoms with Gasteiger partial charge in [0.1, 0.15) is 0 Å². The van der Waals surface area contributed by atoms with Gasteiger partial charge >= 0.3 is 6.09 Å². The van der Waals surface area contributed by atoms with E-state index in [2.05, 4.69) is 22.5 Å². The van der Waals surface area contributed by atoms with Crippen LogP contribution in [0.5, 0.6) is 0 Å². The van der Waals surface area contributed by atoms with E-state index in [0.717, 1.165) is 25.9 Å². The van der Waals surface area contributed by atoms with Crippen LogP contribution < -0.4 is 10.6 Å². The first-order valence-corrected chi connectivity index (χ1v) is 10.8. The van der Waals surface area contributed by atoms with Crippen molar-refractivity contribution >= 4 is 35.1 Å². The number of carbonyl (C=O) groups excluding carboxylic acids is 1. The number of carbonyl (C=O) groups is 2. The lowest BCUT2D eigenvalue weighted by Gasteiger charge is -2.22. The Balaban J connectivity index is 1.69. The van der Waals surface area contributed by atoms with E-state index in [0.29, 0.717) is 28.1 Å². The molecule has 2 aromatic carbocycles. The van der Waals surface area contributed by atoms with Gasteiger partial charge in [0.25, 0.3) is 11.6 Å². The van der Waals surface area contributed by atoms with Gasteiger partial charge in [0.2, 0.25) is 0 Å². The molecule has 0 bridgehead atoms. The fourth-order valence-corrected chi connectivity index (χ4v) is 4.50. The first kappa shape index (κ1) is 22.6. The molecule has 1 heterocycles. The highest BCUT2D eigenvalue weighted by Gasteiger charge is 2.24. The van der Waals surface area contributed by atoms with Crippen LogP contribution in [0.25, 0.3) is 0 Å². The minimum atomic E-state index is -1.17. The Labute approximate surface area is 184 Å². The van der Waals surface area contributed by atoms with Crippen molar-refractivity contribution in [3.63, 3.8) is 0 Å². The van der Waals surface area contributed by atoms with E-state index in [1.807, 2.05) is 0 Å². The van der Waals surface area contributed by atoms with Gasteiger partial charge in [-0.1, -0.05) is 18.7 Å². The van der Waals surface area contributed by atoms with E-state index in [4.69, 9.17) is 5.11 Å². The molecule has 2 amide bonds. The minimum absolute atomic E-state index is 0.151. The van der Waals surface area contributed by atoms with Crippen molar-refractivity contribution in [1.82, 2.24) is 10.2 Å². The summed E-state index contributed by atoms with van der Waals surface area (Å²) in [5.41, 5.74) is 0.502. The number of rotatable bonds is 8. The summed E-state index contributed by atoms with van der Waals surface area (Å²) >= 11 is 1.17. The molecule has 1 fully saturated rings. The minimum Gasteiger partial charge on any atom is -0.465 e. The molecular formula is C21H24N4O5S. The maximum Gasteiger partial charge on any atom is 0.409 e. The quantitative estimate of drug-likeness (QED) is 0.414. The van der Waals surface area contributed by atoms with Crippen molar-refractivity contribution in [1.29, 1.82) is 0 Å². The summed E-state index contributed by atoms with van der Waals surface area (Å²) in [6, 6.07) is 11.2. The number of nitro benzene ring substituents is 1. The second kappa shape index (κ2) is 10.3. The second-order valence-corrected chi connectivity index (χ2v) is 8.25. The molecule has 0 aliphatic carbocycles. The molecule has 164 valence electrons. The third-order valence-corrected chi connectivity index (χ3v) is 6.23. The number of anilines is 1. The van der Waals surface area contributed by atoms with Crippen molar-refractivity contribution in [3.8, 4) is 0 Å². The first-order valence-electron chi connectivity index (χ1n) is 9.96. The Morgan fingerprint density at radius 1 is 1.26 bits per heavy atom. The van der Waals surface area contributed by atoms with Gasteiger partial charge < -0.3 is 10.4 Å². The molecule has 31 heavy (non-hydrogen) atoms. The Bertz CT molecular complexity index is 967. The summed E-state index contributed by atoms with van der Waals surface area (Å²) in [6.07, 6.45) is 0.976. The number of hydrogen-bond donors (Lipinski definition) is 3. The predicted molar refractivity (Wildman–Crippen MR) is 118 cm³/mol. The topological polar surface area (TPSA) is 125 Å². The zero-order valence-electron chi connectivity index (χ0n) is 17.0. The molecule has 9 nitrogen and oxygen atoms in total. The van der Waals surface area contributed by atoms with Crippen molar-refractivity contribution in [2.75, 3.05) is 25.0 Å². The molecule has 10 heteroatoms. The summed E-state index contributed by atoms with van der Waals surface area (Å²) in [6.45, 7) is 4.58. The Morgan fingerprint density at radius 3 is 2.65 bits per heavy atom. The highest BCUT2D eigenvalue weighted by molar-refractivity contribution is 7.99. The van der Waals surface area contributed by atoms with Gasteiger partial charge in [0, 0.05) is 34.8 Å². The second-order valence-electron chi connectivity index (χ2n) is 7.13. The largest absolute Gasteiger partial charge is 0.465 e.